The minimum Gasteiger partial charge on any atom is -0.335 e. The number of para-hydroxylation sites is 1. The van der Waals surface area contributed by atoms with Crippen molar-refractivity contribution in [3.8, 4) is 16.9 Å². The molecular formula is C26H23N5O2. The molecule has 0 radical (unpaired) electrons. The number of hydrogen-bond acceptors (Lipinski definition) is 3. The van der Waals surface area contributed by atoms with E-state index in [-0.39, 0.29) is 11.9 Å². The topological polar surface area (TPSA) is 88.1 Å². The van der Waals surface area contributed by atoms with Crippen LogP contribution < -0.4 is 16.0 Å². The molecule has 7 nitrogen and oxygen atoms in total. The molecule has 0 bridgehead atoms. The number of nitrogens with zero attached hydrogens (tertiary/aromatic N) is 2. The molecule has 1 fully saturated rings. The minimum absolute atomic E-state index is 0.213. The van der Waals surface area contributed by atoms with E-state index in [0.717, 1.165) is 24.1 Å². The lowest BCUT2D eigenvalue weighted by Crippen LogP contribution is -2.30. The lowest BCUT2D eigenvalue weighted by Gasteiger charge is -2.09. The molecule has 0 atom stereocenters. The van der Waals surface area contributed by atoms with Crippen LogP contribution in [0.2, 0.25) is 0 Å². The number of carbonyl (C=O) groups excluding carboxylic acids is 2. The quantitative estimate of drug-likeness (QED) is 0.393. The predicted octanol–water partition coefficient (Wildman–Crippen LogP) is 5.08. The Morgan fingerprint density at radius 1 is 0.788 bits per heavy atom. The first-order chi connectivity index (χ1) is 16.2. The summed E-state index contributed by atoms with van der Waals surface area (Å²) in [6.07, 6.45) is 3.81. The van der Waals surface area contributed by atoms with E-state index in [9.17, 15) is 9.59 Å². The van der Waals surface area contributed by atoms with Gasteiger partial charge in [-0.1, -0.05) is 48.5 Å². The second-order valence-electron chi connectivity index (χ2n) is 7.94. The van der Waals surface area contributed by atoms with Crippen LogP contribution in [0.15, 0.2) is 91.1 Å². The summed E-state index contributed by atoms with van der Waals surface area (Å²) in [5.74, 6) is -0.261. The molecule has 3 amide bonds. The monoisotopic (exact) mass is 437 g/mol. The molecule has 1 aliphatic rings. The van der Waals surface area contributed by atoms with Crippen molar-refractivity contribution >= 4 is 23.3 Å². The van der Waals surface area contributed by atoms with Crippen LogP contribution in [-0.2, 0) is 0 Å². The Morgan fingerprint density at radius 3 is 2.03 bits per heavy atom. The van der Waals surface area contributed by atoms with E-state index in [2.05, 4.69) is 16.0 Å². The van der Waals surface area contributed by atoms with E-state index in [4.69, 9.17) is 5.10 Å². The maximum atomic E-state index is 13.2. The number of benzene rings is 3. The molecular weight excluding hydrogens is 414 g/mol. The van der Waals surface area contributed by atoms with Gasteiger partial charge in [-0.15, -0.1) is 0 Å². The smallest absolute Gasteiger partial charge is 0.319 e. The molecule has 33 heavy (non-hydrogen) atoms. The number of anilines is 2. The zero-order chi connectivity index (χ0) is 22.6. The number of amides is 3. The first kappa shape index (κ1) is 20.5. The molecule has 5 rings (SSSR count). The number of urea groups is 1. The fourth-order valence-corrected chi connectivity index (χ4v) is 3.48. The van der Waals surface area contributed by atoms with Gasteiger partial charge in [0, 0.05) is 29.2 Å². The highest BCUT2D eigenvalue weighted by Gasteiger charge is 2.23. The van der Waals surface area contributed by atoms with E-state index in [1.165, 1.54) is 0 Å². The lowest BCUT2D eigenvalue weighted by atomic mass is 10.1. The maximum absolute atomic E-state index is 13.2. The van der Waals surface area contributed by atoms with Gasteiger partial charge in [0.1, 0.15) is 5.69 Å². The molecule has 0 spiro atoms. The van der Waals surface area contributed by atoms with Crippen LogP contribution >= 0.6 is 0 Å². The molecule has 1 aromatic heterocycles. The fraction of sp³-hybridized carbons (Fsp3) is 0.115. The summed E-state index contributed by atoms with van der Waals surface area (Å²) in [6, 6.07) is 26.4. The molecule has 4 aromatic rings. The zero-order valence-electron chi connectivity index (χ0n) is 17.9. The third kappa shape index (κ3) is 4.93. The van der Waals surface area contributed by atoms with Crippen LogP contribution in [-0.4, -0.2) is 27.8 Å². The molecule has 0 aliphatic heterocycles. The van der Waals surface area contributed by atoms with Crippen LogP contribution in [0.3, 0.4) is 0 Å². The summed E-state index contributed by atoms with van der Waals surface area (Å²) in [5, 5.41) is 13.3. The highest BCUT2D eigenvalue weighted by Crippen LogP contribution is 2.25. The highest BCUT2D eigenvalue weighted by atomic mass is 16.2. The number of hydrogen-bond donors (Lipinski definition) is 3. The van der Waals surface area contributed by atoms with Crippen molar-refractivity contribution in [1.82, 2.24) is 15.1 Å². The number of aromatic nitrogens is 2. The van der Waals surface area contributed by atoms with Gasteiger partial charge < -0.3 is 16.0 Å². The van der Waals surface area contributed by atoms with Crippen molar-refractivity contribution < 1.29 is 9.59 Å². The Hall–Kier alpha value is -4.39. The molecule has 3 aromatic carbocycles. The lowest BCUT2D eigenvalue weighted by molar-refractivity contribution is 0.102. The Labute approximate surface area is 191 Å². The van der Waals surface area contributed by atoms with Gasteiger partial charge in [-0.3, -0.25) is 4.79 Å². The van der Waals surface area contributed by atoms with Gasteiger partial charge in [0.25, 0.3) is 5.91 Å². The van der Waals surface area contributed by atoms with Gasteiger partial charge in [-0.05, 0) is 49.2 Å². The minimum atomic E-state index is -0.261. The van der Waals surface area contributed by atoms with Crippen molar-refractivity contribution in [3.05, 3.63) is 96.7 Å². The van der Waals surface area contributed by atoms with Crippen molar-refractivity contribution in [3.63, 3.8) is 0 Å². The van der Waals surface area contributed by atoms with Crippen molar-refractivity contribution in [2.24, 2.45) is 0 Å². The third-order valence-electron chi connectivity index (χ3n) is 5.34. The Kier molecular flexibility index (Phi) is 5.59. The molecule has 164 valence electrons. The maximum Gasteiger partial charge on any atom is 0.319 e. The molecule has 3 N–H and O–H groups in total. The molecule has 0 saturated heterocycles. The van der Waals surface area contributed by atoms with Gasteiger partial charge in [-0.25, -0.2) is 9.48 Å². The molecule has 7 heteroatoms. The largest absolute Gasteiger partial charge is 0.335 e. The zero-order valence-corrected chi connectivity index (χ0v) is 17.9. The highest BCUT2D eigenvalue weighted by molar-refractivity contribution is 6.08. The Morgan fingerprint density at radius 2 is 1.39 bits per heavy atom. The average Bonchev–Trinajstić information content (AvgIpc) is 3.54. The summed E-state index contributed by atoms with van der Waals surface area (Å²) in [7, 11) is 0. The van der Waals surface area contributed by atoms with Crippen LogP contribution in [0.25, 0.3) is 16.9 Å². The molecule has 1 heterocycles. The van der Waals surface area contributed by atoms with Gasteiger partial charge in [0.05, 0.1) is 11.3 Å². The van der Waals surface area contributed by atoms with Crippen LogP contribution in [0, 0.1) is 0 Å². The average molecular weight is 438 g/mol. The molecule has 1 saturated carbocycles. The summed E-state index contributed by atoms with van der Waals surface area (Å²) in [4.78, 5) is 25.1. The number of nitrogens with one attached hydrogen (secondary N) is 3. The van der Waals surface area contributed by atoms with Crippen LogP contribution in [0.4, 0.5) is 16.2 Å². The number of carbonyl (C=O) groups is 2. The molecule has 0 unspecified atom stereocenters. The Bertz CT molecular complexity index is 1260. The summed E-state index contributed by atoms with van der Waals surface area (Å²) in [6.45, 7) is 0. The SMILES string of the molecule is O=C(Nc1ccc(NC(=O)c2cn(-c3ccccc3)nc2-c2ccccc2)cc1)NC1CC1. The van der Waals surface area contributed by atoms with Crippen LogP contribution in [0.1, 0.15) is 23.2 Å². The van der Waals surface area contributed by atoms with Crippen LogP contribution in [0.5, 0.6) is 0 Å². The normalized spacial score (nSPS) is 12.7. The van der Waals surface area contributed by atoms with Crippen molar-refractivity contribution in [2.45, 2.75) is 18.9 Å². The standard InChI is InChI=1S/C26H23N5O2/c32-25(27-19-11-13-20(14-12-19)28-26(33)29-21-15-16-21)23-17-31(22-9-5-2-6-10-22)30-24(23)18-7-3-1-4-8-18/h1-14,17,21H,15-16H2,(H,27,32)(H2,28,29,33). The second-order valence-corrected chi connectivity index (χ2v) is 7.94. The first-order valence-corrected chi connectivity index (χ1v) is 10.9. The summed E-state index contributed by atoms with van der Waals surface area (Å²) < 4.78 is 1.71. The fourth-order valence-electron chi connectivity index (χ4n) is 3.48. The second kappa shape index (κ2) is 9.00. The van der Waals surface area contributed by atoms with E-state index < -0.39 is 0 Å². The van der Waals surface area contributed by atoms with Gasteiger partial charge in [-0.2, -0.15) is 5.10 Å². The van der Waals surface area contributed by atoms with Gasteiger partial charge in [0.2, 0.25) is 0 Å². The molecule has 1 aliphatic carbocycles. The number of rotatable bonds is 6. The van der Waals surface area contributed by atoms with E-state index in [1.807, 2.05) is 60.7 Å². The van der Waals surface area contributed by atoms with E-state index in [0.29, 0.717) is 28.7 Å². The predicted molar refractivity (Wildman–Crippen MR) is 129 cm³/mol. The third-order valence-corrected chi connectivity index (χ3v) is 5.34. The van der Waals surface area contributed by atoms with E-state index >= 15 is 0 Å². The summed E-state index contributed by atoms with van der Waals surface area (Å²) >= 11 is 0. The Balaban J connectivity index is 1.36. The van der Waals surface area contributed by atoms with Gasteiger partial charge >= 0.3 is 6.03 Å². The summed E-state index contributed by atoms with van der Waals surface area (Å²) in [5.41, 5.74) is 4.09. The first-order valence-electron chi connectivity index (χ1n) is 10.9. The van der Waals surface area contributed by atoms with E-state index in [1.54, 1.807) is 35.1 Å². The van der Waals surface area contributed by atoms with Crippen molar-refractivity contribution in [2.75, 3.05) is 10.6 Å². The van der Waals surface area contributed by atoms with Gasteiger partial charge in [0.15, 0.2) is 0 Å². The van der Waals surface area contributed by atoms with Crippen molar-refractivity contribution in [1.29, 1.82) is 0 Å².